The van der Waals surface area contributed by atoms with Crippen LogP contribution in [-0.2, 0) is 25.6 Å². The molecule has 0 aliphatic carbocycles. The first kappa shape index (κ1) is 24.4. The van der Waals surface area contributed by atoms with Gasteiger partial charge in [0.25, 0.3) is 5.91 Å². The largest absolute Gasteiger partial charge is 0.346 e. The van der Waals surface area contributed by atoms with E-state index in [-0.39, 0.29) is 22.6 Å². The van der Waals surface area contributed by atoms with Gasteiger partial charge in [-0.1, -0.05) is 24.3 Å². The molecular formula is C22H29N3O5S2. The second-order valence-corrected chi connectivity index (χ2v) is 12.2. The summed E-state index contributed by atoms with van der Waals surface area (Å²) < 4.78 is 50.0. The third-order valence-corrected chi connectivity index (χ3v) is 8.56. The predicted octanol–water partition coefficient (Wildman–Crippen LogP) is 1.66. The minimum absolute atomic E-state index is 0.0955. The van der Waals surface area contributed by atoms with Crippen molar-refractivity contribution in [1.29, 1.82) is 0 Å². The van der Waals surface area contributed by atoms with Crippen molar-refractivity contribution in [2.75, 3.05) is 39.5 Å². The fourth-order valence-corrected chi connectivity index (χ4v) is 5.63. The summed E-state index contributed by atoms with van der Waals surface area (Å²) in [4.78, 5) is 14.9. The minimum Gasteiger partial charge on any atom is -0.346 e. The van der Waals surface area contributed by atoms with Crippen molar-refractivity contribution in [3.05, 3.63) is 65.2 Å². The Morgan fingerprint density at radius 2 is 1.50 bits per heavy atom. The molecule has 0 aromatic heterocycles. The van der Waals surface area contributed by atoms with E-state index in [1.807, 2.05) is 14.0 Å². The highest BCUT2D eigenvalue weighted by molar-refractivity contribution is 7.90. The molecule has 32 heavy (non-hydrogen) atoms. The van der Waals surface area contributed by atoms with Crippen LogP contribution in [0.4, 0.5) is 0 Å². The van der Waals surface area contributed by atoms with Gasteiger partial charge in [-0.15, -0.1) is 0 Å². The lowest BCUT2D eigenvalue weighted by Crippen LogP contribution is -2.47. The standard InChI is InChI=1S/C22H29N3O5S2/c1-17(19-8-10-21(11-9-19)31(3,27)28)23-22(26)20-6-4-18(5-7-20)16-32(29,30)25-14-12-24(2)13-15-25/h4-11,17H,12-16H2,1-3H3,(H,23,26). The highest BCUT2D eigenvalue weighted by atomic mass is 32.2. The summed E-state index contributed by atoms with van der Waals surface area (Å²) in [6.45, 7) is 4.22. The van der Waals surface area contributed by atoms with Crippen molar-refractivity contribution in [2.45, 2.75) is 23.6 Å². The first-order chi connectivity index (χ1) is 15.0. The van der Waals surface area contributed by atoms with Gasteiger partial charge in [0, 0.05) is 38.0 Å². The molecular weight excluding hydrogens is 450 g/mol. The zero-order chi connectivity index (χ0) is 23.5. The highest BCUT2D eigenvalue weighted by Gasteiger charge is 2.26. The van der Waals surface area contributed by atoms with Gasteiger partial charge in [0.1, 0.15) is 0 Å². The zero-order valence-electron chi connectivity index (χ0n) is 18.5. The van der Waals surface area contributed by atoms with E-state index in [4.69, 9.17) is 0 Å². The molecule has 1 fully saturated rings. The number of likely N-dealkylation sites (N-methyl/N-ethyl adjacent to an activating group) is 1. The van der Waals surface area contributed by atoms with E-state index in [2.05, 4.69) is 10.2 Å². The van der Waals surface area contributed by atoms with Crippen molar-refractivity contribution in [3.63, 3.8) is 0 Å². The molecule has 8 nitrogen and oxygen atoms in total. The molecule has 1 heterocycles. The smallest absolute Gasteiger partial charge is 0.251 e. The molecule has 0 radical (unpaired) electrons. The first-order valence-electron chi connectivity index (χ1n) is 10.3. The number of sulfonamides is 1. The van der Waals surface area contributed by atoms with Gasteiger partial charge in [-0.05, 0) is 49.4 Å². The molecule has 0 saturated carbocycles. The van der Waals surface area contributed by atoms with Crippen LogP contribution in [0.5, 0.6) is 0 Å². The van der Waals surface area contributed by atoms with E-state index in [1.54, 1.807) is 36.4 Å². The third-order valence-electron chi connectivity index (χ3n) is 5.58. The normalized spacial score (nSPS) is 17.1. The van der Waals surface area contributed by atoms with Crippen molar-refractivity contribution in [2.24, 2.45) is 0 Å². The number of nitrogens with zero attached hydrogens (tertiary/aromatic N) is 2. The summed E-state index contributed by atoms with van der Waals surface area (Å²) in [5.74, 6) is -0.389. The molecule has 1 unspecified atom stereocenters. The number of hydrogen-bond acceptors (Lipinski definition) is 6. The number of carbonyl (C=O) groups excluding carboxylic acids is 1. The summed E-state index contributed by atoms with van der Waals surface area (Å²) in [5.41, 5.74) is 1.83. The zero-order valence-corrected chi connectivity index (χ0v) is 20.1. The lowest BCUT2D eigenvalue weighted by Gasteiger charge is -2.31. The number of sulfone groups is 1. The van der Waals surface area contributed by atoms with Crippen LogP contribution in [0, 0.1) is 0 Å². The Hall–Kier alpha value is -2.27. The van der Waals surface area contributed by atoms with Crippen LogP contribution >= 0.6 is 0 Å². The van der Waals surface area contributed by atoms with Gasteiger partial charge in [-0.25, -0.2) is 16.8 Å². The summed E-state index contributed by atoms with van der Waals surface area (Å²) in [7, 11) is -4.70. The molecule has 2 aromatic carbocycles. The maximum Gasteiger partial charge on any atom is 0.251 e. The topological polar surface area (TPSA) is 104 Å². The number of piperazine rings is 1. The van der Waals surface area contributed by atoms with Gasteiger partial charge in [0.2, 0.25) is 10.0 Å². The minimum atomic E-state index is -3.40. The Bertz CT molecular complexity index is 1150. The Kier molecular flexibility index (Phi) is 7.39. The first-order valence-corrected chi connectivity index (χ1v) is 13.8. The quantitative estimate of drug-likeness (QED) is 0.648. The van der Waals surface area contributed by atoms with E-state index < -0.39 is 19.9 Å². The molecule has 2 aromatic rings. The van der Waals surface area contributed by atoms with E-state index in [0.717, 1.165) is 11.8 Å². The van der Waals surface area contributed by atoms with Gasteiger partial charge >= 0.3 is 0 Å². The lowest BCUT2D eigenvalue weighted by atomic mass is 10.1. The molecule has 1 saturated heterocycles. The van der Waals surface area contributed by atoms with Gasteiger partial charge in [0.15, 0.2) is 9.84 Å². The number of hydrogen-bond donors (Lipinski definition) is 1. The average Bonchev–Trinajstić information content (AvgIpc) is 2.73. The Morgan fingerprint density at radius 1 is 0.938 bits per heavy atom. The van der Waals surface area contributed by atoms with E-state index in [9.17, 15) is 21.6 Å². The number of benzene rings is 2. The fourth-order valence-electron chi connectivity index (χ4n) is 3.49. The van der Waals surface area contributed by atoms with Crippen LogP contribution in [0.25, 0.3) is 0 Å². The Morgan fingerprint density at radius 3 is 2.03 bits per heavy atom. The Balaban J connectivity index is 1.61. The third kappa shape index (κ3) is 6.16. The Labute approximate surface area is 190 Å². The monoisotopic (exact) mass is 479 g/mol. The summed E-state index contributed by atoms with van der Waals surface area (Å²) in [5, 5.41) is 2.87. The van der Waals surface area contributed by atoms with Crippen molar-refractivity contribution >= 4 is 25.8 Å². The number of carbonyl (C=O) groups is 1. The van der Waals surface area contributed by atoms with Crippen LogP contribution in [-0.4, -0.2) is 71.4 Å². The summed E-state index contributed by atoms with van der Waals surface area (Å²) >= 11 is 0. The second kappa shape index (κ2) is 9.70. The van der Waals surface area contributed by atoms with Crippen molar-refractivity contribution in [1.82, 2.24) is 14.5 Å². The molecule has 1 aliphatic heterocycles. The number of nitrogens with one attached hydrogen (secondary N) is 1. The maximum atomic E-state index is 12.7. The molecule has 1 N–H and O–H groups in total. The summed E-state index contributed by atoms with van der Waals surface area (Å²) in [6.07, 6.45) is 1.15. The van der Waals surface area contributed by atoms with Crippen molar-refractivity contribution < 1.29 is 21.6 Å². The lowest BCUT2D eigenvalue weighted by molar-refractivity contribution is 0.0940. The van der Waals surface area contributed by atoms with Crippen LogP contribution in [0.15, 0.2) is 53.4 Å². The van der Waals surface area contributed by atoms with Crippen molar-refractivity contribution in [3.8, 4) is 0 Å². The van der Waals surface area contributed by atoms with E-state index in [1.165, 1.54) is 16.4 Å². The maximum absolute atomic E-state index is 12.7. The van der Waals surface area contributed by atoms with E-state index in [0.29, 0.717) is 37.3 Å². The van der Waals surface area contributed by atoms with Crippen LogP contribution in [0.3, 0.4) is 0 Å². The van der Waals surface area contributed by atoms with Gasteiger partial charge in [-0.2, -0.15) is 4.31 Å². The molecule has 1 aliphatic rings. The number of amides is 1. The SMILES string of the molecule is CC(NC(=O)c1ccc(CS(=O)(=O)N2CCN(C)CC2)cc1)c1ccc(S(C)(=O)=O)cc1. The van der Waals surface area contributed by atoms with E-state index >= 15 is 0 Å². The fraction of sp³-hybridized carbons (Fsp3) is 0.409. The molecule has 174 valence electrons. The second-order valence-electron chi connectivity index (χ2n) is 8.19. The van der Waals surface area contributed by atoms with Crippen LogP contribution in [0.2, 0.25) is 0 Å². The molecule has 1 atom stereocenters. The highest BCUT2D eigenvalue weighted by Crippen LogP contribution is 2.18. The van der Waals surface area contributed by atoms with Crippen LogP contribution in [0.1, 0.15) is 34.5 Å². The molecule has 1 amide bonds. The average molecular weight is 480 g/mol. The van der Waals surface area contributed by atoms with Crippen LogP contribution < -0.4 is 5.32 Å². The molecule has 10 heteroatoms. The summed E-state index contributed by atoms with van der Waals surface area (Å²) in [6, 6.07) is 12.6. The molecule has 0 bridgehead atoms. The van der Waals surface area contributed by atoms with Gasteiger partial charge in [0.05, 0.1) is 16.7 Å². The molecule has 3 rings (SSSR count). The predicted molar refractivity (Wildman–Crippen MR) is 124 cm³/mol. The number of rotatable bonds is 7. The van der Waals surface area contributed by atoms with Gasteiger partial charge in [-0.3, -0.25) is 4.79 Å². The van der Waals surface area contributed by atoms with Gasteiger partial charge < -0.3 is 10.2 Å². The molecule has 0 spiro atoms.